The molecule has 10 heteroatoms. The van der Waals surface area contributed by atoms with Crippen molar-refractivity contribution < 1.29 is 26.4 Å². The lowest BCUT2D eigenvalue weighted by atomic mass is 10.3. The minimum Gasteiger partial charge on any atom is -0.497 e. The highest BCUT2D eigenvalue weighted by Crippen LogP contribution is 2.28. The molecule has 0 saturated heterocycles. The third-order valence-electron chi connectivity index (χ3n) is 2.34. The molecule has 0 aliphatic rings. The summed E-state index contributed by atoms with van der Waals surface area (Å²) in [5.74, 6) is 0.113. The number of benzene rings is 1. The Morgan fingerprint density at radius 3 is 2.20 bits per heavy atom. The van der Waals surface area contributed by atoms with Gasteiger partial charge < -0.3 is 4.74 Å². The zero-order chi connectivity index (χ0) is 15.6. The predicted octanol–water partition coefficient (Wildman–Crippen LogP) is -0.0300. The second-order valence-corrected chi connectivity index (χ2v) is 7.45. The van der Waals surface area contributed by atoms with E-state index in [1.165, 1.54) is 27.3 Å². The summed E-state index contributed by atoms with van der Waals surface area (Å²) < 4.78 is 56.2. The van der Waals surface area contributed by atoms with Crippen LogP contribution in [0, 0.1) is 0 Å². The lowest BCUT2D eigenvalue weighted by Gasteiger charge is -2.14. The van der Waals surface area contributed by atoms with E-state index in [1.54, 1.807) is 0 Å². The number of hydrogen-bond acceptors (Lipinski definition) is 6. The molecule has 0 saturated carbocycles. The van der Waals surface area contributed by atoms with Crippen LogP contribution >= 0.6 is 0 Å². The fraction of sp³-hybridized carbons (Fsp3) is 0.300. The molecular weight excluding hydrogens is 308 g/mol. The molecule has 0 aliphatic heterocycles. The van der Waals surface area contributed by atoms with Gasteiger partial charge in [-0.25, -0.2) is 17.5 Å². The van der Waals surface area contributed by atoms with Crippen LogP contribution in [0.1, 0.15) is 0 Å². The summed E-state index contributed by atoms with van der Waals surface area (Å²) in [4.78, 5) is 9.04. The maximum absolute atomic E-state index is 12.1. The third kappa shape index (κ3) is 3.05. The molecule has 0 amide bonds. The Bertz CT molecular complexity index is 761. The molecule has 0 N–H and O–H groups in total. The summed E-state index contributed by atoms with van der Waals surface area (Å²) in [6.07, 6.45) is 0.890. The van der Waals surface area contributed by atoms with E-state index in [9.17, 15) is 21.6 Å². The Hall–Kier alpha value is -1.74. The van der Waals surface area contributed by atoms with Gasteiger partial charge in [0.15, 0.2) is 0 Å². The fourth-order valence-electron chi connectivity index (χ4n) is 1.32. The van der Waals surface area contributed by atoms with Crippen molar-refractivity contribution in [3.05, 3.63) is 18.2 Å². The number of methoxy groups -OCH3 is 1. The molecule has 8 nitrogen and oxygen atoms in total. The van der Waals surface area contributed by atoms with Crippen LogP contribution in [0.5, 0.6) is 5.75 Å². The lowest BCUT2D eigenvalue weighted by Crippen LogP contribution is -2.24. The van der Waals surface area contributed by atoms with E-state index in [0.29, 0.717) is 0 Å². The summed E-state index contributed by atoms with van der Waals surface area (Å²) >= 11 is 0. The van der Waals surface area contributed by atoms with Crippen molar-refractivity contribution in [2.45, 2.75) is 9.79 Å². The molecule has 0 aliphatic carbocycles. The second-order valence-electron chi connectivity index (χ2n) is 3.76. The average Bonchev–Trinajstić information content (AvgIpc) is 2.37. The Kier molecular flexibility index (Phi) is 4.66. The Labute approximate surface area is 116 Å². The molecule has 0 heterocycles. The SMILES string of the molecule is COc1ccc(S(=O)(=O)N(C)C)c(S(=O)(=O)N=C=O)c1. The number of rotatable bonds is 5. The van der Waals surface area contributed by atoms with E-state index in [2.05, 4.69) is 4.40 Å². The second kappa shape index (κ2) is 5.71. The van der Waals surface area contributed by atoms with Gasteiger partial charge in [-0.2, -0.15) is 8.42 Å². The van der Waals surface area contributed by atoms with E-state index in [4.69, 9.17) is 4.74 Å². The van der Waals surface area contributed by atoms with Crippen LogP contribution in [0.2, 0.25) is 0 Å². The highest BCUT2D eigenvalue weighted by atomic mass is 32.2. The fourth-order valence-corrected chi connectivity index (χ4v) is 3.69. The van der Waals surface area contributed by atoms with Gasteiger partial charge >= 0.3 is 0 Å². The Balaban J connectivity index is 3.77. The molecule has 1 aromatic carbocycles. The highest BCUT2D eigenvalue weighted by Gasteiger charge is 2.28. The van der Waals surface area contributed by atoms with Crippen LogP contribution in [0.25, 0.3) is 0 Å². The van der Waals surface area contributed by atoms with Gasteiger partial charge in [0, 0.05) is 20.2 Å². The standard InChI is InChI=1S/C10H12N2O6S2/c1-12(2)20(16,17)9-5-4-8(18-3)6-10(9)19(14,15)11-7-13/h4-6H,1-3H3. The topological polar surface area (TPSA) is 110 Å². The molecule has 0 unspecified atom stereocenters. The van der Waals surface area contributed by atoms with Crippen LogP contribution < -0.4 is 4.74 Å². The van der Waals surface area contributed by atoms with Crippen molar-refractivity contribution in [3.63, 3.8) is 0 Å². The van der Waals surface area contributed by atoms with E-state index in [-0.39, 0.29) is 5.75 Å². The minimum atomic E-state index is -4.47. The summed E-state index contributed by atoms with van der Waals surface area (Å²) in [5.41, 5.74) is 0. The number of carbonyl (C=O) groups excluding carboxylic acids is 1. The number of sulfonamides is 2. The van der Waals surface area contributed by atoms with Gasteiger partial charge in [0.25, 0.3) is 16.1 Å². The molecular formula is C10H12N2O6S2. The zero-order valence-corrected chi connectivity index (χ0v) is 12.5. The number of hydrogen-bond donors (Lipinski definition) is 0. The van der Waals surface area contributed by atoms with Gasteiger partial charge in [-0.1, -0.05) is 4.40 Å². The molecule has 0 radical (unpaired) electrons. The molecule has 0 aromatic heterocycles. The average molecular weight is 320 g/mol. The van der Waals surface area contributed by atoms with Crippen LogP contribution in [-0.4, -0.2) is 48.4 Å². The largest absolute Gasteiger partial charge is 0.497 e. The van der Waals surface area contributed by atoms with E-state index >= 15 is 0 Å². The molecule has 110 valence electrons. The first-order valence-corrected chi connectivity index (χ1v) is 7.99. The first kappa shape index (κ1) is 16.3. The molecule has 1 aromatic rings. The summed E-state index contributed by atoms with van der Waals surface area (Å²) in [6, 6.07) is 3.34. The van der Waals surface area contributed by atoms with Crippen molar-refractivity contribution >= 4 is 26.1 Å². The van der Waals surface area contributed by atoms with Gasteiger partial charge in [-0.05, 0) is 12.1 Å². The van der Waals surface area contributed by atoms with Gasteiger partial charge in [0.05, 0.1) is 7.11 Å². The van der Waals surface area contributed by atoms with Crippen molar-refractivity contribution in [1.29, 1.82) is 0 Å². The van der Waals surface area contributed by atoms with Gasteiger partial charge in [-0.3, -0.25) is 0 Å². The number of isocyanates is 1. The van der Waals surface area contributed by atoms with E-state index in [1.807, 2.05) is 0 Å². The summed E-state index contributed by atoms with van der Waals surface area (Å²) in [6.45, 7) is 0. The quantitative estimate of drug-likeness (QED) is 0.556. The molecule has 1 rings (SSSR count). The van der Waals surface area contributed by atoms with E-state index < -0.39 is 29.8 Å². The number of ether oxygens (including phenoxy) is 1. The Morgan fingerprint density at radius 1 is 1.15 bits per heavy atom. The van der Waals surface area contributed by atoms with Gasteiger partial charge in [0.2, 0.25) is 10.0 Å². The third-order valence-corrected chi connectivity index (χ3v) is 5.56. The van der Waals surface area contributed by atoms with Crippen molar-refractivity contribution in [2.75, 3.05) is 21.2 Å². The molecule has 0 atom stereocenters. The van der Waals surface area contributed by atoms with Crippen LogP contribution in [0.4, 0.5) is 0 Å². The van der Waals surface area contributed by atoms with E-state index in [0.717, 1.165) is 22.5 Å². The van der Waals surface area contributed by atoms with Gasteiger partial charge in [-0.15, -0.1) is 0 Å². The van der Waals surface area contributed by atoms with Crippen molar-refractivity contribution in [2.24, 2.45) is 4.40 Å². The monoisotopic (exact) mass is 320 g/mol. The Morgan fingerprint density at radius 2 is 1.75 bits per heavy atom. The predicted molar refractivity (Wildman–Crippen MR) is 69.2 cm³/mol. The van der Waals surface area contributed by atoms with Crippen LogP contribution in [0.3, 0.4) is 0 Å². The molecule has 0 fully saturated rings. The zero-order valence-electron chi connectivity index (χ0n) is 10.9. The van der Waals surface area contributed by atoms with Crippen LogP contribution in [-0.2, 0) is 24.8 Å². The minimum absolute atomic E-state index is 0.113. The molecule has 0 bridgehead atoms. The first-order chi connectivity index (χ1) is 9.16. The molecule has 0 spiro atoms. The van der Waals surface area contributed by atoms with Crippen molar-refractivity contribution in [1.82, 2.24) is 4.31 Å². The smallest absolute Gasteiger partial charge is 0.294 e. The maximum atomic E-state index is 12.1. The van der Waals surface area contributed by atoms with Gasteiger partial charge in [0.1, 0.15) is 15.5 Å². The molecule has 20 heavy (non-hydrogen) atoms. The normalized spacial score (nSPS) is 12.0. The van der Waals surface area contributed by atoms with Crippen LogP contribution in [0.15, 0.2) is 32.4 Å². The summed E-state index contributed by atoms with van der Waals surface area (Å²) in [7, 11) is -4.72. The lowest BCUT2D eigenvalue weighted by molar-refractivity contribution is 0.412. The first-order valence-electron chi connectivity index (χ1n) is 5.11. The summed E-state index contributed by atoms with van der Waals surface area (Å²) in [5, 5.41) is 0. The number of nitrogens with zero attached hydrogens (tertiary/aromatic N) is 2. The maximum Gasteiger partial charge on any atom is 0.294 e. The highest BCUT2D eigenvalue weighted by molar-refractivity contribution is 7.92. The van der Waals surface area contributed by atoms with Crippen molar-refractivity contribution in [3.8, 4) is 5.75 Å².